The highest BCUT2D eigenvalue weighted by molar-refractivity contribution is 5.95. The van der Waals surface area contributed by atoms with Crippen molar-refractivity contribution < 1.29 is 19.0 Å². The van der Waals surface area contributed by atoms with Gasteiger partial charge in [-0.15, -0.1) is 0 Å². The van der Waals surface area contributed by atoms with E-state index in [9.17, 15) is 4.79 Å². The van der Waals surface area contributed by atoms with Crippen LogP contribution in [0.5, 0.6) is 11.5 Å². The Morgan fingerprint density at radius 1 is 1.10 bits per heavy atom. The first kappa shape index (κ1) is 19.4. The van der Waals surface area contributed by atoms with E-state index in [2.05, 4.69) is 10.2 Å². The van der Waals surface area contributed by atoms with E-state index in [1.807, 2.05) is 42.5 Å². The first-order valence-electron chi connectivity index (χ1n) is 10.8. The van der Waals surface area contributed by atoms with Gasteiger partial charge in [-0.25, -0.2) is 0 Å². The third kappa shape index (κ3) is 4.30. The number of carbonyl (C=O) groups excluding carboxylic acids is 1. The van der Waals surface area contributed by atoms with E-state index >= 15 is 0 Å². The maximum atomic E-state index is 12.8. The molecule has 6 rings (SSSR count). The maximum absolute atomic E-state index is 12.8. The van der Waals surface area contributed by atoms with Gasteiger partial charge in [0.05, 0.1) is 13.2 Å². The van der Waals surface area contributed by atoms with E-state index in [0.717, 1.165) is 25.2 Å². The molecule has 0 aliphatic carbocycles. The second-order valence-electron chi connectivity index (χ2n) is 8.43. The number of ether oxygens (including phenoxy) is 3. The summed E-state index contributed by atoms with van der Waals surface area (Å²) in [7, 11) is 0. The summed E-state index contributed by atoms with van der Waals surface area (Å²) in [5, 5.41) is 3.24. The summed E-state index contributed by atoms with van der Waals surface area (Å²) in [6.45, 7) is 4.69. The van der Waals surface area contributed by atoms with E-state index in [-0.39, 0.29) is 18.1 Å². The summed E-state index contributed by atoms with van der Waals surface area (Å²) in [5.74, 6) is 1.84. The number of fused-ring (bicyclic) bond motifs is 4. The monoisotopic (exact) mass is 408 g/mol. The zero-order valence-corrected chi connectivity index (χ0v) is 17.1. The van der Waals surface area contributed by atoms with Crippen LogP contribution in [0.2, 0.25) is 0 Å². The van der Waals surface area contributed by atoms with Gasteiger partial charge >= 0.3 is 0 Å². The number of rotatable bonds is 6. The quantitative estimate of drug-likeness (QED) is 0.797. The molecule has 4 aliphatic heterocycles. The molecule has 0 spiro atoms. The minimum absolute atomic E-state index is 0.0393. The van der Waals surface area contributed by atoms with Gasteiger partial charge < -0.3 is 24.4 Å². The molecule has 2 atom stereocenters. The largest absolute Gasteiger partial charge is 0.486 e. The highest BCUT2D eigenvalue weighted by atomic mass is 16.6. The standard InChI is InChI=1S/C24H28N2O4/c27-24(25-21-13-26-10-8-18(21)9-11-26)19-6-7-22-23(12-19)30-20(16-29-22)15-28-14-17-4-2-1-3-5-17/h1-7,12,18,20-21H,8-11,13-16H2,(H,25,27)/t20?,21-/m0/s1. The lowest BCUT2D eigenvalue weighted by atomic mass is 9.84. The minimum atomic E-state index is -0.193. The number of hydrogen-bond acceptors (Lipinski definition) is 5. The van der Waals surface area contributed by atoms with E-state index in [1.54, 1.807) is 6.07 Å². The average molecular weight is 408 g/mol. The zero-order valence-electron chi connectivity index (χ0n) is 17.1. The molecular formula is C24H28N2O4. The molecule has 3 saturated heterocycles. The van der Waals surface area contributed by atoms with Crippen molar-refractivity contribution in [1.82, 2.24) is 10.2 Å². The third-order valence-electron chi connectivity index (χ3n) is 6.31. The van der Waals surface area contributed by atoms with Crippen LogP contribution in [0.1, 0.15) is 28.8 Å². The maximum Gasteiger partial charge on any atom is 0.251 e. The van der Waals surface area contributed by atoms with Gasteiger partial charge in [-0.2, -0.15) is 0 Å². The Morgan fingerprint density at radius 3 is 2.70 bits per heavy atom. The number of hydrogen-bond donors (Lipinski definition) is 1. The lowest BCUT2D eigenvalue weighted by molar-refractivity contribution is 0.00266. The molecule has 2 bridgehead atoms. The van der Waals surface area contributed by atoms with Crippen molar-refractivity contribution in [2.45, 2.75) is 31.6 Å². The first-order chi connectivity index (χ1) is 14.7. The summed E-state index contributed by atoms with van der Waals surface area (Å²) in [5.41, 5.74) is 1.74. The van der Waals surface area contributed by atoms with Crippen molar-refractivity contribution in [3.05, 3.63) is 59.7 Å². The molecule has 2 aromatic rings. The molecule has 1 amide bonds. The molecule has 2 aromatic carbocycles. The van der Waals surface area contributed by atoms with Crippen LogP contribution in [0.3, 0.4) is 0 Å². The molecule has 1 unspecified atom stereocenters. The summed E-state index contributed by atoms with van der Waals surface area (Å²) < 4.78 is 17.7. The normalized spacial score (nSPS) is 26.9. The van der Waals surface area contributed by atoms with Gasteiger partial charge in [0, 0.05) is 18.2 Å². The molecular weight excluding hydrogens is 380 g/mol. The average Bonchev–Trinajstić information content (AvgIpc) is 2.80. The Morgan fingerprint density at radius 2 is 1.93 bits per heavy atom. The van der Waals surface area contributed by atoms with Gasteiger partial charge in [0.2, 0.25) is 0 Å². The van der Waals surface area contributed by atoms with Crippen LogP contribution >= 0.6 is 0 Å². The molecule has 4 aliphatic rings. The molecule has 4 heterocycles. The molecule has 6 heteroatoms. The Hall–Kier alpha value is -2.57. The Bertz CT molecular complexity index is 880. The Labute approximate surface area is 177 Å². The van der Waals surface area contributed by atoms with Crippen LogP contribution in [-0.4, -0.2) is 55.8 Å². The summed E-state index contributed by atoms with van der Waals surface area (Å²) in [6, 6.07) is 15.7. The molecule has 6 nitrogen and oxygen atoms in total. The van der Waals surface area contributed by atoms with Crippen LogP contribution in [-0.2, 0) is 11.3 Å². The number of carbonyl (C=O) groups is 1. The lowest BCUT2D eigenvalue weighted by Crippen LogP contribution is -2.57. The Balaban J connectivity index is 1.17. The van der Waals surface area contributed by atoms with Crippen LogP contribution in [0.25, 0.3) is 0 Å². The number of amides is 1. The topological polar surface area (TPSA) is 60.0 Å². The molecule has 30 heavy (non-hydrogen) atoms. The van der Waals surface area contributed by atoms with Crippen LogP contribution in [0.4, 0.5) is 0 Å². The smallest absolute Gasteiger partial charge is 0.251 e. The lowest BCUT2D eigenvalue weighted by Gasteiger charge is -2.44. The fourth-order valence-electron chi connectivity index (χ4n) is 4.60. The SMILES string of the molecule is O=C(N[C@H]1CN2CCC1CC2)c1ccc2c(c1)OC(COCc1ccccc1)CO2. The van der Waals surface area contributed by atoms with Crippen molar-refractivity contribution in [3.63, 3.8) is 0 Å². The summed E-state index contributed by atoms with van der Waals surface area (Å²) >= 11 is 0. The van der Waals surface area contributed by atoms with Crippen LogP contribution < -0.4 is 14.8 Å². The number of piperidine rings is 3. The first-order valence-corrected chi connectivity index (χ1v) is 10.8. The molecule has 0 saturated carbocycles. The van der Waals surface area contributed by atoms with Crippen molar-refractivity contribution in [1.29, 1.82) is 0 Å². The van der Waals surface area contributed by atoms with Gasteiger partial charge in [-0.3, -0.25) is 4.79 Å². The van der Waals surface area contributed by atoms with Crippen molar-refractivity contribution >= 4 is 5.91 Å². The van der Waals surface area contributed by atoms with Crippen molar-refractivity contribution in [2.24, 2.45) is 5.92 Å². The number of benzene rings is 2. The third-order valence-corrected chi connectivity index (χ3v) is 6.31. The van der Waals surface area contributed by atoms with Crippen molar-refractivity contribution in [2.75, 3.05) is 32.8 Å². The highest BCUT2D eigenvalue weighted by Crippen LogP contribution is 2.33. The van der Waals surface area contributed by atoms with Gasteiger partial charge in [-0.1, -0.05) is 30.3 Å². The molecule has 158 valence electrons. The second kappa shape index (κ2) is 8.66. The fraction of sp³-hybridized carbons (Fsp3) is 0.458. The Kier molecular flexibility index (Phi) is 5.60. The number of nitrogens with one attached hydrogen (secondary N) is 1. The van der Waals surface area contributed by atoms with E-state index in [0.29, 0.717) is 42.8 Å². The van der Waals surface area contributed by atoms with E-state index in [4.69, 9.17) is 14.2 Å². The highest BCUT2D eigenvalue weighted by Gasteiger charge is 2.35. The minimum Gasteiger partial charge on any atom is -0.486 e. The second-order valence-corrected chi connectivity index (χ2v) is 8.43. The predicted molar refractivity (Wildman–Crippen MR) is 113 cm³/mol. The van der Waals surface area contributed by atoms with Gasteiger partial charge in [0.25, 0.3) is 5.91 Å². The fourth-order valence-corrected chi connectivity index (χ4v) is 4.60. The summed E-state index contributed by atoms with van der Waals surface area (Å²) in [6.07, 6.45) is 2.16. The molecule has 3 fully saturated rings. The van der Waals surface area contributed by atoms with Gasteiger partial charge in [-0.05, 0) is 55.6 Å². The van der Waals surface area contributed by atoms with Gasteiger partial charge in [0.1, 0.15) is 6.61 Å². The molecule has 0 radical (unpaired) electrons. The molecule has 1 N–H and O–H groups in total. The van der Waals surface area contributed by atoms with Gasteiger partial charge in [0.15, 0.2) is 17.6 Å². The number of nitrogens with zero attached hydrogens (tertiary/aromatic N) is 1. The molecule has 0 aromatic heterocycles. The van der Waals surface area contributed by atoms with E-state index < -0.39 is 0 Å². The van der Waals surface area contributed by atoms with Crippen LogP contribution in [0, 0.1) is 5.92 Å². The predicted octanol–water partition coefficient (Wildman–Crippen LogP) is 2.87. The summed E-state index contributed by atoms with van der Waals surface area (Å²) in [4.78, 5) is 15.3. The van der Waals surface area contributed by atoms with E-state index in [1.165, 1.54) is 12.8 Å². The van der Waals surface area contributed by atoms with Crippen LogP contribution in [0.15, 0.2) is 48.5 Å². The van der Waals surface area contributed by atoms with Crippen molar-refractivity contribution in [3.8, 4) is 11.5 Å². The zero-order chi connectivity index (χ0) is 20.3.